The fourth-order valence-electron chi connectivity index (χ4n) is 3.09. The number of nitriles is 1. The van der Waals surface area contributed by atoms with Gasteiger partial charge in [-0.2, -0.15) is 5.26 Å². The van der Waals surface area contributed by atoms with E-state index in [2.05, 4.69) is 30.1 Å². The van der Waals surface area contributed by atoms with Gasteiger partial charge in [0.2, 0.25) is 0 Å². The number of anilines is 1. The Bertz CT molecular complexity index is 501. The second-order valence-electron chi connectivity index (χ2n) is 5.91. The van der Waals surface area contributed by atoms with Crippen molar-refractivity contribution in [2.45, 2.75) is 39.2 Å². The van der Waals surface area contributed by atoms with Gasteiger partial charge in [-0.15, -0.1) is 0 Å². The van der Waals surface area contributed by atoms with Crippen molar-refractivity contribution in [2.24, 2.45) is 5.92 Å². The van der Waals surface area contributed by atoms with Gasteiger partial charge in [0.25, 0.3) is 0 Å². The number of rotatable bonds is 5. The molecule has 0 aromatic heterocycles. The number of hydrogen-bond donors (Lipinski definition) is 1. The zero-order chi connectivity index (χ0) is 15.2. The van der Waals surface area contributed by atoms with Gasteiger partial charge in [-0.05, 0) is 69.9 Å². The minimum Gasteiger partial charge on any atom is -0.381 e. The lowest BCUT2D eigenvalue weighted by atomic mass is 9.90. The Morgan fingerprint density at radius 3 is 2.76 bits per heavy atom. The van der Waals surface area contributed by atoms with E-state index in [1.54, 1.807) is 12.1 Å². The molecular weight excluding hydrogens is 282 g/mol. The lowest BCUT2D eigenvalue weighted by Crippen LogP contribution is -2.39. The fourth-order valence-corrected chi connectivity index (χ4v) is 3.26. The molecular formula is C17H24ClN3. The van der Waals surface area contributed by atoms with E-state index < -0.39 is 0 Å². The molecule has 1 aliphatic heterocycles. The molecule has 0 aliphatic carbocycles. The van der Waals surface area contributed by atoms with E-state index >= 15 is 0 Å². The van der Waals surface area contributed by atoms with Crippen molar-refractivity contribution in [1.82, 2.24) is 4.90 Å². The number of benzene rings is 1. The van der Waals surface area contributed by atoms with Crippen LogP contribution >= 0.6 is 11.6 Å². The minimum atomic E-state index is 0.361. The van der Waals surface area contributed by atoms with E-state index in [4.69, 9.17) is 11.6 Å². The summed E-state index contributed by atoms with van der Waals surface area (Å²) in [6.45, 7) is 8.03. The third-order valence-corrected chi connectivity index (χ3v) is 4.60. The zero-order valence-corrected chi connectivity index (χ0v) is 13.7. The Balaban J connectivity index is 1.95. The van der Waals surface area contributed by atoms with Gasteiger partial charge >= 0.3 is 0 Å². The highest BCUT2D eigenvalue weighted by molar-refractivity contribution is 6.30. The number of nitrogens with one attached hydrogen (secondary N) is 1. The van der Waals surface area contributed by atoms with Crippen molar-refractivity contribution in [3.63, 3.8) is 0 Å². The number of piperidine rings is 1. The van der Waals surface area contributed by atoms with Crippen molar-refractivity contribution in [2.75, 3.05) is 25.0 Å². The Morgan fingerprint density at radius 2 is 2.14 bits per heavy atom. The lowest BCUT2D eigenvalue weighted by molar-refractivity contribution is 0.176. The van der Waals surface area contributed by atoms with Crippen LogP contribution in [-0.2, 0) is 0 Å². The Morgan fingerprint density at radius 1 is 1.43 bits per heavy atom. The normalized spacial score (nSPS) is 18.2. The van der Waals surface area contributed by atoms with Gasteiger partial charge in [0.15, 0.2) is 0 Å². The molecule has 1 fully saturated rings. The first kappa shape index (κ1) is 16.1. The van der Waals surface area contributed by atoms with Crippen LogP contribution < -0.4 is 5.32 Å². The molecule has 1 aliphatic rings. The average molecular weight is 306 g/mol. The van der Waals surface area contributed by atoms with Gasteiger partial charge < -0.3 is 10.2 Å². The third-order valence-electron chi connectivity index (χ3n) is 4.36. The SMILES string of the molecule is CCCN1CCC(C(C)Nc2cc(Cl)ccc2C#N)CC1. The third kappa shape index (κ3) is 4.36. The van der Waals surface area contributed by atoms with Gasteiger partial charge in [-0.1, -0.05) is 18.5 Å². The molecule has 1 heterocycles. The van der Waals surface area contributed by atoms with Crippen LogP contribution in [0.2, 0.25) is 5.02 Å². The summed E-state index contributed by atoms with van der Waals surface area (Å²) in [5, 5.41) is 13.3. The molecule has 2 rings (SSSR count). The molecule has 1 atom stereocenters. The van der Waals surface area contributed by atoms with Crippen LogP contribution in [0.4, 0.5) is 5.69 Å². The highest BCUT2D eigenvalue weighted by atomic mass is 35.5. The summed E-state index contributed by atoms with van der Waals surface area (Å²) >= 11 is 6.04. The Labute approximate surface area is 132 Å². The summed E-state index contributed by atoms with van der Waals surface area (Å²) in [5.41, 5.74) is 1.52. The molecule has 1 N–H and O–H groups in total. The number of halogens is 1. The molecule has 0 bridgehead atoms. The van der Waals surface area contributed by atoms with Gasteiger partial charge in [0, 0.05) is 11.1 Å². The number of hydrogen-bond acceptors (Lipinski definition) is 3. The summed E-state index contributed by atoms with van der Waals surface area (Å²) in [5.74, 6) is 0.656. The molecule has 1 aromatic rings. The second kappa shape index (κ2) is 7.68. The van der Waals surface area contributed by atoms with Crippen molar-refractivity contribution in [3.05, 3.63) is 28.8 Å². The smallest absolute Gasteiger partial charge is 0.101 e. The first-order chi connectivity index (χ1) is 10.1. The van der Waals surface area contributed by atoms with Crippen LogP contribution in [0, 0.1) is 17.2 Å². The van der Waals surface area contributed by atoms with Crippen LogP contribution in [0.25, 0.3) is 0 Å². The average Bonchev–Trinajstić information content (AvgIpc) is 2.48. The standard InChI is InChI=1S/C17H24ClN3/c1-3-8-21-9-6-14(7-10-21)13(2)20-17-11-16(18)5-4-15(17)12-19/h4-5,11,13-14,20H,3,6-10H2,1-2H3. The lowest BCUT2D eigenvalue weighted by Gasteiger charge is -2.35. The van der Waals surface area contributed by atoms with E-state index in [0.717, 1.165) is 5.69 Å². The molecule has 0 saturated carbocycles. The highest BCUT2D eigenvalue weighted by Crippen LogP contribution is 2.26. The first-order valence-corrected chi connectivity index (χ1v) is 8.20. The van der Waals surface area contributed by atoms with Gasteiger partial charge in [0.05, 0.1) is 11.3 Å². The van der Waals surface area contributed by atoms with Gasteiger partial charge in [0.1, 0.15) is 6.07 Å². The summed E-state index contributed by atoms with van der Waals surface area (Å²) in [6.07, 6.45) is 3.67. The largest absolute Gasteiger partial charge is 0.381 e. The van der Waals surface area contributed by atoms with Crippen molar-refractivity contribution >= 4 is 17.3 Å². The highest BCUT2D eigenvalue weighted by Gasteiger charge is 2.23. The van der Waals surface area contributed by atoms with Crippen molar-refractivity contribution < 1.29 is 0 Å². The van der Waals surface area contributed by atoms with Crippen LogP contribution in [0.3, 0.4) is 0 Å². The first-order valence-electron chi connectivity index (χ1n) is 7.82. The maximum absolute atomic E-state index is 9.19. The van der Waals surface area contributed by atoms with Crippen molar-refractivity contribution in [3.8, 4) is 6.07 Å². The van der Waals surface area contributed by atoms with E-state index in [0.29, 0.717) is 22.5 Å². The molecule has 0 spiro atoms. The molecule has 0 radical (unpaired) electrons. The predicted octanol–water partition coefficient (Wildman–Crippen LogP) is 4.13. The van der Waals surface area contributed by atoms with Crippen LogP contribution in [-0.4, -0.2) is 30.6 Å². The molecule has 0 amide bonds. The summed E-state index contributed by atoms with van der Waals surface area (Å²) in [4.78, 5) is 2.54. The number of likely N-dealkylation sites (tertiary alicyclic amines) is 1. The molecule has 3 nitrogen and oxygen atoms in total. The molecule has 1 aromatic carbocycles. The maximum Gasteiger partial charge on any atom is 0.101 e. The molecule has 1 unspecified atom stereocenters. The summed E-state index contributed by atoms with van der Waals surface area (Å²) in [7, 11) is 0. The minimum absolute atomic E-state index is 0.361. The molecule has 21 heavy (non-hydrogen) atoms. The Kier molecular flexibility index (Phi) is 5.90. The van der Waals surface area contributed by atoms with Crippen LogP contribution in [0.1, 0.15) is 38.7 Å². The van der Waals surface area contributed by atoms with E-state index in [-0.39, 0.29) is 0 Å². The molecule has 1 saturated heterocycles. The number of nitrogens with zero attached hydrogens (tertiary/aromatic N) is 2. The summed E-state index contributed by atoms with van der Waals surface area (Å²) in [6, 6.07) is 7.98. The summed E-state index contributed by atoms with van der Waals surface area (Å²) < 4.78 is 0. The van der Waals surface area contributed by atoms with E-state index in [1.165, 1.54) is 38.9 Å². The van der Waals surface area contributed by atoms with Gasteiger partial charge in [-0.25, -0.2) is 0 Å². The fraction of sp³-hybridized carbons (Fsp3) is 0.588. The van der Waals surface area contributed by atoms with E-state index in [1.807, 2.05) is 6.07 Å². The van der Waals surface area contributed by atoms with Crippen LogP contribution in [0.15, 0.2) is 18.2 Å². The van der Waals surface area contributed by atoms with E-state index in [9.17, 15) is 5.26 Å². The molecule has 114 valence electrons. The zero-order valence-electron chi connectivity index (χ0n) is 12.9. The van der Waals surface area contributed by atoms with Crippen molar-refractivity contribution in [1.29, 1.82) is 5.26 Å². The quantitative estimate of drug-likeness (QED) is 0.889. The monoisotopic (exact) mass is 305 g/mol. The van der Waals surface area contributed by atoms with Gasteiger partial charge in [-0.3, -0.25) is 0 Å². The predicted molar refractivity (Wildman–Crippen MR) is 88.7 cm³/mol. The van der Waals surface area contributed by atoms with Crippen LogP contribution in [0.5, 0.6) is 0 Å². The Hall–Kier alpha value is -1.24. The molecule has 4 heteroatoms. The second-order valence-corrected chi connectivity index (χ2v) is 6.35. The maximum atomic E-state index is 9.19. The topological polar surface area (TPSA) is 39.1 Å².